The Morgan fingerprint density at radius 3 is 1.35 bits per heavy atom. The van der Waals surface area contributed by atoms with Crippen LogP contribution in [0.2, 0.25) is 0 Å². The number of allylic oxidation sites excluding steroid dienone is 3. The van der Waals surface area contributed by atoms with Gasteiger partial charge in [-0.25, -0.2) is 0 Å². The Balaban J connectivity index is 3.62. The van der Waals surface area contributed by atoms with Crippen LogP contribution in [0.25, 0.3) is 0 Å². The van der Waals surface area contributed by atoms with E-state index in [0.29, 0.717) is 6.54 Å². The molecule has 0 rings (SSSR count). The Morgan fingerprint density at radius 2 is 0.925 bits per heavy atom. The molecule has 0 aliphatic rings. The first-order valence-corrected chi connectivity index (χ1v) is 17.4. The average molecular weight is 562 g/mol. The summed E-state index contributed by atoms with van der Waals surface area (Å²) in [6.07, 6.45) is 40.1. The third-order valence-corrected chi connectivity index (χ3v) is 7.83. The van der Waals surface area contributed by atoms with Crippen LogP contribution in [0, 0.1) is 5.92 Å². The van der Waals surface area contributed by atoms with Gasteiger partial charge in [0.15, 0.2) is 0 Å². The van der Waals surface area contributed by atoms with Crippen molar-refractivity contribution in [2.75, 3.05) is 6.54 Å². The average Bonchev–Trinajstić information content (AvgIpc) is 2.94. The van der Waals surface area contributed by atoms with Crippen LogP contribution < -0.4 is 5.32 Å². The summed E-state index contributed by atoms with van der Waals surface area (Å²) in [7, 11) is 0. The number of amides is 1. The lowest BCUT2D eigenvalue weighted by Gasteiger charge is -2.09. The maximum absolute atomic E-state index is 12.2. The van der Waals surface area contributed by atoms with Crippen molar-refractivity contribution in [1.29, 1.82) is 0 Å². The molecular formula is C36H67NO3. The lowest BCUT2D eigenvalue weighted by Crippen LogP contribution is -2.28. The molecule has 4 heteroatoms. The number of hydrogen-bond acceptors (Lipinski definition) is 2. The molecule has 0 heterocycles. The quantitative estimate of drug-likeness (QED) is 0.0653. The second-order valence-electron chi connectivity index (χ2n) is 11.8. The number of unbranched alkanes of at least 4 members (excludes halogenated alkanes) is 22. The maximum Gasteiger partial charge on any atom is 0.310 e. The SMILES string of the molecule is CCCCCCCC/C=C/CCCCCCCCNC(=O)CC(/C=C/CCCCCCCCCCCC)C(=O)O. The summed E-state index contributed by atoms with van der Waals surface area (Å²) >= 11 is 0. The maximum atomic E-state index is 12.2. The smallest absolute Gasteiger partial charge is 0.310 e. The first-order valence-electron chi connectivity index (χ1n) is 17.4. The number of rotatable bonds is 31. The van der Waals surface area contributed by atoms with Gasteiger partial charge in [-0.2, -0.15) is 0 Å². The predicted octanol–water partition coefficient (Wildman–Crippen LogP) is 11.1. The standard InChI is InChI=1S/C36H67NO3/c1-3-5-7-9-11-13-15-17-18-19-20-22-24-26-28-30-32-37-35(38)33-34(36(39)40)31-29-27-25-23-21-16-14-12-10-8-6-4-2/h17-18,29,31,34H,3-16,19-28,30,32-33H2,1-2H3,(H,37,38)(H,39,40)/b18-17+,31-29+. The molecule has 1 atom stereocenters. The van der Waals surface area contributed by atoms with Gasteiger partial charge in [-0.1, -0.05) is 154 Å². The van der Waals surface area contributed by atoms with Gasteiger partial charge in [-0.05, 0) is 44.9 Å². The normalized spacial score (nSPS) is 12.4. The number of nitrogens with one attached hydrogen (secondary N) is 1. The predicted molar refractivity (Wildman–Crippen MR) is 174 cm³/mol. The fourth-order valence-corrected chi connectivity index (χ4v) is 5.12. The van der Waals surface area contributed by atoms with E-state index in [1.54, 1.807) is 6.08 Å². The molecule has 4 nitrogen and oxygen atoms in total. The summed E-state index contributed by atoms with van der Waals surface area (Å²) in [5.41, 5.74) is 0. The van der Waals surface area contributed by atoms with E-state index in [4.69, 9.17) is 0 Å². The van der Waals surface area contributed by atoms with Crippen LogP contribution in [0.15, 0.2) is 24.3 Å². The van der Waals surface area contributed by atoms with Gasteiger partial charge in [0, 0.05) is 13.0 Å². The van der Waals surface area contributed by atoms with Crippen LogP contribution in [-0.2, 0) is 9.59 Å². The van der Waals surface area contributed by atoms with Crippen molar-refractivity contribution in [3.05, 3.63) is 24.3 Å². The van der Waals surface area contributed by atoms with Crippen molar-refractivity contribution < 1.29 is 14.7 Å². The van der Waals surface area contributed by atoms with E-state index in [0.717, 1.165) is 25.7 Å². The van der Waals surface area contributed by atoms with E-state index in [1.165, 1.54) is 135 Å². The minimum absolute atomic E-state index is 0.0379. The van der Waals surface area contributed by atoms with Crippen molar-refractivity contribution in [1.82, 2.24) is 5.32 Å². The van der Waals surface area contributed by atoms with E-state index < -0.39 is 11.9 Å². The summed E-state index contributed by atoms with van der Waals surface area (Å²) in [5, 5.41) is 12.4. The Kier molecular flexibility index (Phi) is 30.7. The van der Waals surface area contributed by atoms with Crippen molar-refractivity contribution in [2.24, 2.45) is 5.92 Å². The summed E-state index contributed by atoms with van der Waals surface area (Å²) in [6, 6.07) is 0. The van der Waals surface area contributed by atoms with Crippen LogP contribution in [0.5, 0.6) is 0 Å². The molecular weight excluding hydrogens is 494 g/mol. The zero-order valence-corrected chi connectivity index (χ0v) is 26.7. The van der Waals surface area contributed by atoms with Crippen LogP contribution in [-0.4, -0.2) is 23.5 Å². The molecule has 40 heavy (non-hydrogen) atoms. The van der Waals surface area contributed by atoms with Gasteiger partial charge in [-0.15, -0.1) is 0 Å². The monoisotopic (exact) mass is 562 g/mol. The molecule has 0 fully saturated rings. The first kappa shape index (κ1) is 38.4. The van der Waals surface area contributed by atoms with Crippen molar-refractivity contribution in [3.8, 4) is 0 Å². The molecule has 0 saturated heterocycles. The molecule has 0 radical (unpaired) electrons. The highest BCUT2D eigenvalue weighted by Gasteiger charge is 2.17. The van der Waals surface area contributed by atoms with Crippen LogP contribution in [0.4, 0.5) is 0 Å². The van der Waals surface area contributed by atoms with Crippen LogP contribution >= 0.6 is 0 Å². The molecule has 0 aliphatic carbocycles. The third kappa shape index (κ3) is 29.4. The number of carboxylic acid groups (broad SMARTS) is 1. The van der Waals surface area contributed by atoms with Crippen LogP contribution in [0.3, 0.4) is 0 Å². The molecule has 0 aliphatic heterocycles. The fraction of sp³-hybridized carbons (Fsp3) is 0.833. The molecule has 0 saturated carbocycles. The highest BCUT2D eigenvalue weighted by Crippen LogP contribution is 2.13. The summed E-state index contributed by atoms with van der Waals surface area (Å²) in [5.74, 6) is -1.78. The molecule has 234 valence electrons. The topological polar surface area (TPSA) is 66.4 Å². The highest BCUT2D eigenvalue weighted by atomic mass is 16.4. The Morgan fingerprint density at radius 1 is 0.550 bits per heavy atom. The number of carboxylic acids is 1. The van der Waals surface area contributed by atoms with E-state index in [9.17, 15) is 14.7 Å². The Bertz CT molecular complexity index is 613. The third-order valence-electron chi connectivity index (χ3n) is 7.83. The second-order valence-corrected chi connectivity index (χ2v) is 11.8. The number of carbonyl (C=O) groups excluding carboxylic acids is 1. The van der Waals surface area contributed by atoms with Gasteiger partial charge in [0.05, 0.1) is 5.92 Å². The minimum atomic E-state index is -0.910. The zero-order chi connectivity index (χ0) is 29.4. The second kappa shape index (κ2) is 31.9. The minimum Gasteiger partial charge on any atom is -0.481 e. The number of carbonyl (C=O) groups is 2. The van der Waals surface area contributed by atoms with E-state index in [1.807, 2.05) is 6.08 Å². The Hall–Kier alpha value is -1.58. The molecule has 0 bridgehead atoms. The molecule has 0 spiro atoms. The summed E-state index contributed by atoms with van der Waals surface area (Å²) in [6.45, 7) is 5.17. The molecule has 2 N–H and O–H groups in total. The van der Waals surface area contributed by atoms with Gasteiger partial charge < -0.3 is 10.4 Å². The molecule has 0 aromatic rings. The van der Waals surface area contributed by atoms with Crippen molar-refractivity contribution >= 4 is 11.9 Å². The number of aliphatic carboxylic acids is 1. The van der Waals surface area contributed by atoms with E-state index >= 15 is 0 Å². The lowest BCUT2D eigenvalue weighted by molar-refractivity contribution is -0.142. The summed E-state index contributed by atoms with van der Waals surface area (Å²) < 4.78 is 0. The first-order chi connectivity index (χ1) is 19.6. The van der Waals surface area contributed by atoms with Gasteiger partial charge in [0.25, 0.3) is 0 Å². The van der Waals surface area contributed by atoms with E-state index in [-0.39, 0.29) is 12.3 Å². The lowest BCUT2D eigenvalue weighted by atomic mass is 10.0. The van der Waals surface area contributed by atoms with Gasteiger partial charge in [-0.3, -0.25) is 9.59 Å². The molecule has 1 amide bonds. The van der Waals surface area contributed by atoms with E-state index in [2.05, 4.69) is 31.3 Å². The zero-order valence-electron chi connectivity index (χ0n) is 26.7. The molecule has 1 unspecified atom stereocenters. The Labute approximate surface area is 249 Å². The van der Waals surface area contributed by atoms with Crippen molar-refractivity contribution in [3.63, 3.8) is 0 Å². The highest BCUT2D eigenvalue weighted by molar-refractivity contribution is 5.83. The largest absolute Gasteiger partial charge is 0.481 e. The van der Waals surface area contributed by atoms with Crippen molar-refractivity contribution in [2.45, 2.75) is 181 Å². The van der Waals surface area contributed by atoms with Gasteiger partial charge >= 0.3 is 5.97 Å². The molecule has 0 aromatic heterocycles. The molecule has 0 aromatic carbocycles. The number of hydrogen-bond donors (Lipinski definition) is 2. The van der Waals surface area contributed by atoms with Crippen LogP contribution in [0.1, 0.15) is 181 Å². The fourth-order valence-electron chi connectivity index (χ4n) is 5.12. The van der Waals surface area contributed by atoms with Gasteiger partial charge in [0.2, 0.25) is 5.91 Å². The summed E-state index contributed by atoms with van der Waals surface area (Å²) in [4.78, 5) is 23.8. The van der Waals surface area contributed by atoms with Gasteiger partial charge in [0.1, 0.15) is 0 Å².